The number of amides is 2. The summed E-state index contributed by atoms with van der Waals surface area (Å²) in [6.45, 7) is 2.74. The predicted molar refractivity (Wildman–Crippen MR) is 95.9 cm³/mol. The molecule has 1 spiro atoms. The Balaban J connectivity index is 1.46. The van der Waals surface area contributed by atoms with Gasteiger partial charge in [0.15, 0.2) is 0 Å². The third-order valence-electron chi connectivity index (χ3n) is 5.92. The Bertz CT molecular complexity index is 697. The number of ether oxygens (including phenoxy) is 1. The fourth-order valence-corrected chi connectivity index (χ4v) is 4.31. The van der Waals surface area contributed by atoms with Gasteiger partial charge < -0.3 is 20.3 Å². The first-order chi connectivity index (χ1) is 12.1. The summed E-state index contributed by atoms with van der Waals surface area (Å²) in [7, 11) is 1.59. The van der Waals surface area contributed by atoms with Gasteiger partial charge in [-0.1, -0.05) is 0 Å². The second-order valence-corrected chi connectivity index (χ2v) is 7.39. The topological polar surface area (TPSA) is 70.7 Å². The van der Waals surface area contributed by atoms with E-state index < -0.39 is 0 Å². The number of carbonyl (C=O) groups is 2. The highest BCUT2D eigenvalue weighted by molar-refractivity contribution is 5.98. The van der Waals surface area contributed by atoms with Crippen molar-refractivity contribution in [1.82, 2.24) is 5.32 Å². The zero-order chi connectivity index (χ0) is 17.4. The van der Waals surface area contributed by atoms with E-state index in [1.165, 1.54) is 0 Å². The second-order valence-electron chi connectivity index (χ2n) is 7.39. The molecule has 1 aromatic rings. The molecule has 2 N–H and O–H groups in total. The van der Waals surface area contributed by atoms with Gasteiger partial charge in [0.1, 0.15) is 5.75 Å². The van der Waals surface area contributed by atoms with Crippen LogP contribution in [0.1, 0.15) is 32.1 Å². The lowest BCUT2D eigenvalue weighted by Gasteiger charge is -2.23. The number of hydrogen-bond acceptors (Lipinski definition) is 4. The monoisotopic (exact) mass is 343 g/mol. The molecule has 134 valence electrons. The van der Waals surface area contributed by atoms with Crippen LogP contribution in [0.5, 0.6) is 5.75 Å². The van der Waals surface area contributed by atoms with E-state index in [0.29, 0.717) is 12.2 Å². The highest BCUT2D eigenvalue weighted by Crippen LogP contribution is 2.58. The maximum absolute atomic E-state index is 12.6. The van der Waals surface area contributed by atoms with E-state index in [4.69, 9.17) is 4.74 Å². The minimum Gasteiger partial charge on any atom is -0.494 e. The Morgan fingerprint density at radius 3 is 2.84 bits per heavy atom. The van der Waals surface area contributed by atoms with Gasteiger partial charge in [0.2, 0.25) is 11.8 Å². The fraction of sp³-hybridized carbons (Fsp3) is 0.579. The van der Waals surface area contributed by atoms with E-state index in [1.807, 2.05) is 18.2 Å². The van der Waals surface area contributed by atoms with Gasteiger partial charge in [-0.2, -0.15) is 0 Å². The summed E-state index contributed by atoms with van der Waals surface area (Å²) in [5.41, 5.74) is 1.74. The van der Waals surface area contributed by atoms with E-state index in [2.05, 4.69) is 10.6 Å². The number of hydrogen-bond donors (Lipinski definition) is 2. The van der Waals surface area contributed by atoms with E-state index >= 15 is 0 Å². The molecule has 2 heterocycles. The number of benzene rings is 1. The molecule has 25 heavy (non-hydrogen) atoms. The van der Waals surface area contributed by atoms with Gasteiger partial charge in [0.05, 0.1) is 12.8 Å². The van der Waals surface area contributed by atoms with Crippen LogP contribution >= 0.6 is 0 Å². The lowest BCUT2D eigenvalue weighted by atomic mass is 9.92. The second kappa shape index (κ2) is 6.33. The van der Waals surface area contributed by atoms with Crippen LogP contribution in [0.4, 0.5) is 11.4 Å². The molecule has 4 rings (SSSR count). The molecule has 3 fully saturated rings. The van der Waals surface area contributed by atoms with Crippen LogP contribution in [-0.4, -0.2) is 38.6 Å². The molecule has 1 aromatic carbocycles. The molecule has 2 amide bonds. The smallest absolute Gasteiger partial charge is 0.228 e. The Hall–Kier alpha value is -2.08. The summed E-state index contributed by atoms with van der Waals surface area (Å²) in [5, 5.41) is 6.40. The average molecular weight is 343 g/mol. The van der Waals surface area contributed by atoms with Crippen molar-refractivity contribution < 1.29 is 14.3 Å². The Morgan fingerprint density at radius 1 is 1.36 bits per heavy atom. The molecule has 0 bridgehead atoms. The lowest BCUT2D eigenvalue weighted by Crippen LogP contribution is -2.31. The van der Waals surface area contributed by atoms with Crippen molar-refractivity contribution in [1.29, 1.82) is 0 Å². The third-order valence-corrected chi connectivity index (χ3v) is 5.92. The van der Waals surface area contributed by atoms with Gasteiger partial charge in [0, 0.05) is 30.6 Å². The number of nitrogens with one attached hydrogen (secondary N) is 2. The number of nitrogens with zero attached hydrogens (tertiary/aromatic N) is 1. The van der Waals surface area contributed by atoms with Crippen LogP contribution < -0.4 is 20.3 Å². The highest BCUT2D eigenvalue weighted by atomic mass is 16.5. The van der Waals surface area contributed by atoms with Crippen molar-refractivity contribution in [3.8, 4) is 5.75 Å². The molecule has 2 aliphatic heterocycles. The van der Waals surface area contributed by atoms with Crippen molar-refractivity contribution in [3.63, 3.8) is 0 Å². The van der Waals surface area contributed by atoms with Crippen LogP contribution in [0, 0.1) is 11.3 Å². The van der Waals surface area contributed by atoms with Gasteiger partial charge in [-0.25, -0.2) is 0 Å². The summed E-state index contributed by atoms with van der Waals surface area (Å²) in [6.07, 6.45) is 4.63. The van der Waals surface area contributed by atoms with Crippen LogP contribution in [0.3, 0.4) is 0 Å². The predicted octanol–water partition coefficient (Wildman–Crippen LogP) is 2.15. The third kappa shape index (κ3) is 2.99. The minimum atomic E-state index is 0.106. The Labute approximate surface area is 147 Å². The lowest BCUT2D eigenvalue weighted by molar-refractivity contribution is -0.118. The Morgan fingerprint density at radius 2 is 2.16 bits per heavy atom. The van der Waals surface area contributed by atoms with Gasteiger partial charge in [-0.3, -0.25) is 9.59 Å². The van der Waals surface area contributed by atoms with E-state index in [0.717, 1.165) is 56.7 Å². The first kappa shape index (κ1) is 16.4. The van der Waals surface area contributed by atoms with E-state index in [1.54, 1.807) is 12.0 Å². The molecule has 1 saturated carbocycles. The van der Waals surface area contributed by atoms with Crippen molar-refractivity contribution in [2.45, 2.75) is 32.1 Å². The molecular weight excluding hydrogens is 318 g/mol. The molecule has 6 nitrogen and oxygen atoms in total. The fourth-order valence-electron chi connectivity index (χ4n) is 4.31. The van der Waals surface area contributed by atoms with Crippen molar-refractivity contribution >= 4 is 23.2 Å². The molecular formula is C19H25N3O3. The molecule has 2 saturated heterocycles. The molecule has 3 aliphatic rings. The highest BCUT2D eigenvalue weighted by Gasteiger charge is 2.57. The Kier molecular flexibility index (Phi) is 4.15. The van der Waals surface area contributed by atoms with Gasteiger partial charge in [0.25, 0.3) is 0 Å². The van der Waals surface area contributed by atoms with Crippen molar-refractivity contribution in [3.05, 3.63) is 18.2 Å². The summed E-state index contributed by atoms with van der Waals surface area (Å²) in [4.78, 5) is 26.3. The number of methoxy groups -OCH3 is 1. The molecule has 0 aromatic heterocycles. The first-order valence-corrected chi connectivity index (χ1v) is 9.13. The maximum Gasteiger partial charge on any atom is 0.228 e. The number of carbonyl (C=O) groups excluding carboxylic acids is 2. The first-order valence-electron chi connectivity index (χ1n) is 9.13. The number of piperidine rings is 1. The zero-order valence-corrected chi connectivity index (χ0v) is 14.6. The quantitative estimate of drug-likeness (QED) is 0.879. The van der Waals surface area contributed by atoms with E-state index in [9.17, 15) is 9.59 Å². The van der Waals surface area contributed by atoms with Crippen molar-refractivity contribution in [2.75, 3.05) is 37.0 Å². The van der Waals surface area contributed by atoms with Crippen LogP contribution in [0.15, 0.2) is 18.2 Å². The summed E-state index contributed by atoms with van der Waals surface area (Å²) < 4.78 is 5.46. The zero-order valence-electron chi connectivity index (χ0n) is 14.6. The number of rotatable bonds is 4. The van der Waals surface area contributed by atoms with E-state index in [-0.39, 0.29) is 23.1 Å². The molecule has 1 aliphatic carbocycles. The SMILES string of the molecule is COc1cc(NC(=O)C2CC23CCNCC3)ccc1N1CCCC1=O. The molecule has 6 heteroatoms. The van der Waals surface area contributed by atoms with Crippen LogP contribution in [-0.2, 0) is 9.59 Å². The normalized spacial score (nSPS) is 24.4. The van der Waals surface area contributed by atoms with Crippen molar-refractivity contribution in [2.24, 2.45) is 11.3 Å². The minimum absolute atomic E-state index is 0.106. The molecule has 1 unspecified atom stereocenters. The summed E-state index contributed by atoms with van der Waals surface area (Å²) in [5.74, 6) is 0.982. The largest absolute Gasteiger partial charge is 0.494 e. The van der Waals surface area contributed by atoms with Gasteiger partial charge in [-0.05, 0) is 56.3 Å². The standard InChI is InChI=1S/C19H25N3O3/c1-25-16-11-13(4-5-15(16)22-10-2-3-17(22)23)21-18(24)14-12-19(14)6-8-20-9-7-19/h4-5,11,14,20H,2-3,6-10,12H2,1H3,(H,21,24). The summed E-state index contributed by atoms with van der Waals surface area (Å²) >= 11 is 0. The average Bonchev–Trinajstić information content (AvgIpc) is 3.14. The number of anilines is 2. The maximum atomic E-state index is 12.6. The molecule has 0 radical (unpaired) electrons. The van der Waals surface area contributed by atoms with Crippen LogP contribution in [0.25, 0.3) is 0 Å². The molecule has 1 atom stereocenters. The van der Waals surface area contributed by atoms with Gasteiger partial charge in [-0.15, -0.1) is 0 Å². The van der Waals surface area contributed by atoms with Gasteiger partial charge >= 0.3 is 0 Å². The van der Waals surface area contributed by atoms with Crippen LogP contribution in [0.2, 0.25) is 0 Å². The summed E-state index contributed by atoms with van der Waals surface area (Å²) in [6, 6.07) is 5.54.